The highest BCUT2D eigenvalue weighted by Crippen LogP contribution is 1.88. The molecule has 0 unspecified atom stereocenters. The molecule has 9 heavy (non-hydrogen) atoms. The lowest BCUT2D eigenvalue weighted by molar-refractivity contribution is 0.142. The lowest BCUT2D eigenvalue weighted by Gasteiger charge is -2.12. The minimum atomic E-state index is 0.0296. The van der Waals surface area contributed by atoms with Crippen LogP contribution in [0.15, 0.2) is 0 Å². The number of rotatable bonds is 5. The average molecular weight is 133 g/mol. The predicted octanol–water partition coefficient (Wildman–Crippen LogP) is -0.0492. The van der Waals surface area contributed by atoms with Gasteiger partial charge in [-0.3, -0.25) is 5.32 Å². The molecule has 0 heterocycles. The Labute approximate surface area is 56.0 Å². The first-order chi connectivity index (χ1) is 4.35. The number of ether oxygens (including phenoxy) is 1. The van der Waals surface area contributed by atoms with E-state index in [9.17, 15) is 0 Å². The van der Waals surface area contributed by atoms with Crippen molar-refractivity contribution in [1.82, 2.24) is 5.32 Å². The van der Waals surface area contributed by atoms with Crippen LogP contribution in [-0.4, -0.2) is 31.6 Å². The van der Waals surface area contributed by atoms with E-state index in [4.69, 9.17) is 9.84 Å². The van der Waals surface area contributed by atoms with E-state index in [1.165, 1.54) is 0 Å². The lowest BCUT2D eigenvalue weighted by Crippen LogP contribution is -2.32. The van der Waals surface area contributed by atoms with Gasteiger partial charge in [-0.1, -0.05) is 6.92 Å². The normalized spacial score (nSPS) is 13.7. The average Bonchev–Trinajstić information content (AvgIpc) is 1.88. The molecule has 0 saturated heterocycles. The van der Waals surface area contributed by atoms with E-state index >= 15 is 0 Å². The summed E-state index contributed by atoms with van der Waals surface area (Å²) in [5, 5.41) is 11.3. The van der Waals surface area contributed by atoms with Crippen LogP contribution < -0.4 is 5.32 Å². The Bertz CT molecular complexity index is 53.0. The molecule has 2 N–H and O–H groups in total. The van der Waals surface area contributed by atoms with E-state index in [1.807, 2.05) is 6.92 Å². The Balaban J connectivity index is 3.18. The summed E-state index contributed by atoms with van der Waals surface area (Å²) in [6, 6.07) is 0.292. The minimum Gasteiger partial charge on any atom is -0.383 e. The summed E-state index contributed by atoms with van der Waals surface area (Å²) in [5.41, 5.74) is 0. The maximum absolute atomic E-state index is 8.43. The van der Waals surface area contributed by atoms with E-state index in [2.05, 4.69) is 5.32 Å². The third-order valence-electron chi connectivity index (χ3n) is 1.24. The van der Waals surface area contributed by atoms with Gasteiger partial charge in [-0.15, -0.1) is 0 Å². The summed E-state index contributed by atoms with van der Waals surface area (Å²) >= 11 is 0. The first-order valence-electron chi connectivity index (χ1n) is 3.18. The van der Waals surface area contributed by atoms with Crippen molar-refractivity contribution in [2.45, 2.75) is 19.4 Å². The third kappa shape index (κ3) is 4.39. The van der Waals surface area contributed by atoms with E-state index in [0.29, 0.717) is 12.6 Å². The van der Waals surface area contributed by atoms with E-state index in [0.717, 1.165) is 6.42 Å². The van der Waals surface area contributed by atoms with Gasteiger partial charge >= 0.3 is 0 Å². The van der Waals surface area contributed by atoms with Crippen LogP contribution in [0.1, 0.15) is 13.3 Å². The van der Waals surface area contributed by atoms with Gasteiger partial charge in [0.15, 0.2) is 0 Å². The van der Waals surface area contributed by atoms with E-state index < -0.39 is 0 Å². The number of aliphatic hydroxyl groups excluding tert-OH is 1. The van der Waals surface area contributed by atoms with Gasteiger partial charge < -0.3 is 9.84 Å². The molecule has 0 aliphatic heterocycles. The quantitative estimate of drug-likeness (QED) is 0.517. The number of hydrogen-bond acceptors (Lipinski definition) is 3. The fourth-order valence-corrected chi connectivity index (χ4v) is 0.651. The number of nitrogens with one attached hydrogen (secondary N) is 1. The highest BCUT2D eigenvalue weighted by atomic mass is 16.5. The molecular formula is C6H15NO2. The highest BCUT2D eigenvalue weighted by Gasteiger charge is 2.01. The first-order valence-corrected chi connectivity index (χ1v) is 3.18. The fourth-order valence-electron chi connectivity index (χ4n) is 0.651. The van der Waals surface area contributed by atoms with Crippen molar-refractivity contribution in [3.63, 3.8) is 0 Å². The summed E-state index contributed by atoms with van der Waals surface area (Å²) < 4.78 is 4.87. The molecule has 0 fully saturated rings. The molecule has 0 rings (SSSR count). The van der Waals surface area contributed by atoms with Gasteiger partial charge in [0.2, 0.25) is 0 Å². The number of methoxy groups -OCH3 is 1. The van der Waals surface area contributed by atoms with Gasteiger partial charge in [-0.05, 0) is 6.42 Å². The van der Waals surface area contributed by atoms with Crippen molar-refractivity contribution in [1.29, 1.82) is 0 Å². The maximum atomic E-state index is 8.43. The van der Waals surface area contributed by atoms with Gasteiger partial charge in [0, 0.05) is 13.2 Å². The lowest BCUT2D eigenvalue weighted by atomic mass is 10.2. The minimum absolute atomic E-state index is 0.0296. The molecule has 3 heteroatoms. The third-order valence-corrected chi connectivity index (χ3v) is 1.24. The molecule has 0 aromatic rings. The summed E-state index contributed by atoms with van der Waals surface area (Å²) in [6.07, 6.45) is 0.981. The zero-order chi connectivity index (χ0) is 7.11. The fraction of sp³-hybridized carbons (Fsp3) is 1.00. The predicted molar refractivity (Wildman–Crippen MR) is 36.2 cm³/mol. The van der Waals surface area contributed by atoms with Crippen LogP contribution in [0.3, 0.4) is 0 Å². The summed E-state index contributed by atoms with van der Waals surface area (Å²) in [4.78, 5) is 0. The van der Waals surface area contributed by atoms with Crippen molar-refractivity contribution in [2.24, 2.45) is 0 Å². The van der Waals surface area contributed by atoms with E-state index in [1.54, 1.807) is 7.11 Å². The zero-order valence-corrected chi connectivity index (χ0v) is 6.05. The standard InChI is InChI=1S/C6H15NO2/c1-3-6(4-9-2)7-5-8/h6-8H,3-5H2,1-2H3/t6-/m0/s1. The summed E-state index contributed by atoms with van der Waals surface area (Å²) in [5.74, 6) is 0. The molecule has 0 radical (unpaired) electrons. The topological polar surface area (TPSA) is 41.5 Å². The Morgan fingerprint density at radius 1 is 1.67 bits per heavy atom. The van der Waals surface area contributed by atoms with Gasteiger partial charge in [0.05, 0.1) is 13.3 Å². The molecule has 3 nitrogen and oxygen atoms in total. The van der Waals surface area contributed by atoms with E-state index in [-0.39, 0.29) is 6.73 Å². The molecule has 0 spiro atoms. The first kappa shape index (κ1) is 8.88. The number of hydrogen-bond donors (Lipinski definition) is 2. The second-order valence-electron chi connectivity index (χ2n) is 1.92. The second-order valence-corrected chi connectivity index (χ2v) is 1.92. The number of aliphatic hydroxyl groups is 1. The summed E-state index contributed by atoms with van der Waals surface area (Å²) in [7, 11) is 1.65. The van der Waals surface area contributed by atoms with Gasteiger partial charge in [0.25, 0.3) is 0 Å². The van der Waals surface area contributed by atoms with Crippen molar-refractivity contribution in [3.8, 4) is 0 Å². The Morgan fingerprint density at radius 2 is 2.33 bits per heavy atom. The largest absolute Gasteiger partial charge is 0.383 e. The van der Waals surface area contributed by atoms with Crippen molar-refractivity contribution in [3.05, 3.63) is 0 Å². The van der Waals surface area contributed by atoms with Crippen LogP contribution in [0, 0.1) is 0 Å². The molecule has 0 amide bonds. The van der Waals surface area contributed by atoms with Crippen molar-refractivity contribution < 1.29 is 9.84 Å². The van der Waals surface area contributed by atoms with Gasteiger partial charge in [-0.2, -0.15) is 0 Å². The Kier molecular flexibility index (Phi) is 5.93. The van der Waals surface area contributed by atoms with Crippen molar-refractivity contribution in [2.75, 3.05) is 20.4 Å². The molecular weight excluding hydrogens is 118 g/mol. The van der Waals surface area contributed by atoms with Gasteiger partial charge in [0.1, 0.15) is 0 Å². The SMILES string of the molecule is CC[C@@H](COC)NCO. The van der Waals surface area contributed by atoms with Crippen molar-refractivity contribution >= 4 is 0 Å². The van der Waals surface area contributed by atoms with Crippen LogP contribution in [0.25, 0.3) is 0 Å². The van der Waals surface area contributed by atoms with Crippen LogP contribution in [-0.2, 0) is 4.74 Å². The van der Waals surface area contributed by atoms with Gasteiger partial charge in [-0.25, -0.2) is 0 Å². The Hall–Kier alpha value is -0.120. The monoisotopic (exact) mass is 133 g/mol. The summed E-state index contributed by atoms with van der Waals surface area (Å²) in [6.45, 7) is 2.74. The molecule has 56 valence electrons. The molecule has 1 atom stereocenters. The molecule has 0 aromatic heterocycles. The van der Waals surface area contributed by atoms with Crippen LogP contribution in [0.4, 0.5) is 0 Å². The second kappa shape index (κ2) is 6.01. The maximum Gasteiger partial charge on any atom is 0.0934 e. The zero-order valence-electron chi connectivity index (χ0n) is 6.05. The molecule has 0 aliphatic rings. The highest BCUT2D eigenvalue weighted by molar-refractivity contribution is 4.59. The molecule has 0 aliphatic carbocycles. The smallest absolute Gasteiger partial charge is 0.0934 e. The van der Waals surface area contributed by atoms with Crippen LogP contribution in [0.2, 0.25) is 0 Å². The molecule has 0 bridgehead atoms. The Morgan fingerprint density at radius 3 is 2.67 bits per heavy atom. The molecule has 0 aromatic carbocycles. The van der Waals surface area contributed by atoms with Crippen LogP contribution in [0.5, 0.6) is 0 Å². The van der Waals surface area contributed by atoms with Crippen LogP contribution >= 0.6 is 0 Å². The molecule has 0 saturated carbocycles.